The van der Waals surface area contributed by atoms with E-state index in [-0.39, 0.29) is 17.4 Å². The van der Waals surface area contributed by atoms with Crippen LogP contribution < -0.4 is 4.74 Å². The van der Waals surface area contributed by atoms with E-state index >= 15 is 0 Å². The molecule has 0 atom stereocenters. The van der Waals surface area contributed by atoms with E-state index in [2.05, 4.69) is 0 Å². The Balaban J connectivity index is 2.72. The predicted molar refractivity (Wildman–Crippen MR) is 53.3 cm³/mol. The number of hydrogen-bond acceptors (Lipinski definition) is 2. The molecule has 0 unspecified atom stereocenters. The van der Waals surface area contributed by atoms with Crippen molar-refractivity contribution in [3.8, 4) is 5.75 Å². The summed E-state index contributed by atoms with van der Waals surface area (Å²) in [5, 5.41) is 0. The Bertz CT molecular complexity index is 291. The molecule has 0 aliphatic carbocycles. The molecule has 0 N–H and O–H groups in total. The average Bonchev–Trinajstić information content (AvgIpc) is 2.20. The van der Waals surface area contributed by atoms with Gasteiger partial charge >= 0.3 is 0 Å². The van der Waals surface area contributed by atoms with E-state index in [0.29, 0.717) is 18.8 Å². The summed E-state index contributed by atoms with van der Waals surface area (Å²) in [6, 6.07) is 4.69. The Kier molecular flexibility index (Phi) is 4.70. The molecule has 0 saturated carbocycles. The fourth-order valence-electron chi connectivity index (χ4n) is 1.05. The van der Waals surface area contributed by atoms with Crippen LogP contribution in [0.4, 0.5) is 4.39 Å². The summed E-state index contributed by atoms with van der Waals surface area (Å²) < 4.78 is 23.3. The van der Waals surface area contributed by atoms with Crippen LogP contribution in [0, 0.1) is 5.82 Å². The maximum Gasteiger partial charge on any atom is 0.165 e. The molecule has 78 valence electrons. The Labute approximate surface area is 87.6 Å². The van der Waals surface area contributed by atoms with Gasteiger partial charge in [-0.3, -0.25) is 0 Å². The third kappa shape index (κ3) is 2.86. The van der Waals surface area contributed by atoms with E-state index in [1.54, 1.807) is 19.2 Å². The standard InChI is InChI=1S/C10H12ClFO2/c1-13-5-6-14-10-8(7-11)3-2-4-9(10)12/h2-4H,5-7H2,1H3. The smallest absolute Gasteiger partial charge is 0.165 e. The Morgan fingerprint density at radius 3 is 2.79 bits per heavy atom. The number of hydrogen-bond donors (Lipinski definition) is 0. The molecule has 14 heavy (non-hydrogen) atoms. The lowest BCUT2D eigenvalue weighted by atomic mass is 10.2. The largest absolute Gasteiger partial charge is 0.488 e. The van der Waals surface area contributed by atoms with Crippen LogP contribution >= 0.6 is 11.6 Å². The first kappa shape index (κ1) is 11.3. The lowest BCUT2D eigenvalue weighted by Crippen LogP contribution is -2.06. The lowest BCUT2D eigenvalue weighted by Gasteiger charge is -2.09. The van der Waals surface area contributed by atoms with Gasteiger partial charge in [0.25, 0.3) is 0 Å². The summed E-state index contributed by atoms with van der Waals surface area (Å²) in [4.78, 5) is 0. The first-order chi connectivity index (χ1) is 6.79. The summed E-state index contributed by atoms with van der Waals surface area (Å²) in [7, 11) is 1.56. The Morgan fingerprint density at radius 2 is 2.14 bits per heavy atom. The zero-order chi connectivity index (χ0) is 10.4. The number of para-hydroxylation sites is 1. The fourth-order valence-corrected chi connectivity index (χ4v) is 1.26. The SMILES string of the molecule is COCCOc1c(F)cccc1CCl. The third-order valence-corrected chi connectivity index (χ3v) is 2.01. The van der Waals surface area contributed by atoms with Crippen LogP contribution in [-0.2, 0) is 10.6 Å². The molecule has 2 nitrogen and oxygen atoms in total. The zero-order valence-electron chi connectivity index (χ0n) is 7.93. The van der Waals surface area contributed by atoms with Crippen LogP contribution in [0.15, 0.2) is 18.2 Å². The average molecular weight is 219 g/mol. The summed E-state index contributed by atoms with van der Waals surface area (Å²) in [5.74, 6) is 0.0684. The monoisotopic (exact) mass is 218 g/mol. The van der Waals surface area contributed by atoms with Crippen molar-refractivity contribution in [2.75, 3.05) is 20.3 Å². The first-order valence-electron chi connectivity index (χ1n) is 4.24. The van der Waals surface area contributed by atoms with Gasteiger partial charge in [0.1, 0.15) is 6.61 Å². The molecule has 1 aromatic carbocycles. The van der Waals surface area contributed by atoms with Crippen molar-refractivity contribution in [2.45, 2.75) is 5.88 Å². The number of ether oxygens (including phenoxy) is 2. The van der Waals surface area contributed by atoms with E-state index in [9.17, 15) is 4.39 Å². The molecule has 0 bridgehead atoms. The van der Waals surface area contributed by atoms with Gasteiger partial charge < -0.3 is 9.47 Å². The molecule has 0 aromatic heterocycles. The highest BCUT2D eigenvalue weighted by molar-refractivity contribution is 6.17. The van der Waals surface area contributed by atoms with Crippen molar-refractivity contribution in [2.24, 2.45) is 0 Å². The van der Waals surface area contributed by atoms with E-state index in [1.165, 1.54) is 6.07 Å². The highest BCUT2D eigenvalue weighted by Crippen LogP contribution is 2.23. The maximum atomic E-state index is 13.2. The molecule has 1 rings (SSSR count). The van der Waals surface area contributed by atoms with Gasteiger partial charge in [0.2, 0.25) is 0 Å². The van der Waals surface area contributed by atoms with Crippen molar-refractivity contribution < 1.29 is 13.9 Å². The zero-order valence-corrected chi connectivity index (χ0v) is 8.68. The van der Waals surface area contributed by atoms with E-state index in [1.807, 2.05) is 0 Å². The van der Waals surface area contributed by atoms with Gasteiger partial charge in [0.05, 0.1) is 12.5 Å². The van der Waals surface area contributed by atoms with Crippen molar-refractivity contribution >= 4 is 11.6 Å². The van der Waals surface area contributed by atoms with E-state index in [0.717, 1.165) is 0 Å². The second-order valence-corrected chi connectivity index (χ2v) is 2.97. The number of halogens is 2. The maximum absolute atomic E-state index is 13.2. The molecule has 0 heterocycles. The minimum Gasteiger partial charge on any atom is -0.488 e. The molecule has 0 radical (unpaired) electrons. The molecule has 0 aliphatic heterocycles. The van der Waals surface area contributed by atoms with Crippen LogP contribution in [0.25, 0.3) is 0 Å². The first-order valence-corrected chi connectivity index (χ1v) is 4.78. The molecule has 0 saturated heterocycles. The summed E-state index contributed by atoms with van der Waals surface area (Å²) in [6.45, 7) is 0.747. The molecular formula is C10H12ClFO2. The summed E-state index contributed by atoms with van der Waals surface area (Å²) in [5.41, 5.74) is 0.655. The third-order valence-electron chi connectivity index (χ3n) is 1.73. The predicted octanol–water partition coefficient (Wildman–Crippen LogP) is 2.59. The minimum absolute atomic E-state index is 0.222. The molecule has 0 spiro atoms. The van der Waals surface area contributed by atoms with Gasteiger partial charge in [0, 0.05) is 12.7 Å². The lowest BCUT2D eigenvalue weighted by molar-refractivity contribution is 0.143. The van der Waals surface area contributed by atoms with Crippen LogP contribution in [0.2, 0.25) is 0 Å². The second-order valence-electron chi connectivity index (χ2n) is 2.70. The van der Waals surface area contributed by atoms with Crippen LogP contribution in [-0.4, -0.2) is 20.3 Å². The summed E-state index contributed by atoms with van der Waals surface area (Å²) in [6.07, 6.45) is 0. The second kappa shape index (κ2) is 5.83. The Hall–Kier alpha value is -0.800. The van der Waals surface area contributed by atoms with E-state index in [4.69, 9.17) is 21.1 Å². The quantitative estimate of drug-likeness (QED) is 0.559. The number of rotatable bonds is 5. The molecule has 0 amide bonds. The fraction of sp³-hybridized carbons (Fsp3) is 0.400. The Morgan fingerprint density at radius 1 is 1.36 bits per heavy atom. The van der Waals surface area contributed by atoms with Crippen LogP contribution in [0.3, 0.4) is 0 Å². The van der Waals surface area contributed by atoms with Crippen LogP contribution in [0.5, 0.6) is 5.75 Å². The summed E-state index contributed by atoms with van der Waals surface area (Å²) >= 11 is 5.64. The van der Waals surface area contributed by atoms with Gasteiger partial charge in [-0.25, -0.2) is 4.39 Å². The number of alkyl halides is 1. The van der Waals surface area contributed by atoms with Gasteiger partial charge in [-0.2, -0.15) is 0 Å². The highest BCUT2D eigenvalue weighted by Gasteiger charge is 2.08. The van der Waals surface area contributed by atoms with E-state index < -0.39 is 0 Å². The normalized spacial score (nSPS) is 10.2. The van der Waals surface area contributed by atoms with Gasteiger partial charge in [-0.05, 0) is 6.07 Å². The number of methoxy groups -OCH3 is 1. The molecule has 0 aliphatic rings. The molecule has 0 fully saturated rings. The molecular weight excluding hydrogens is 207 g/mol. The molecule has 4 heteroatoms. The van der Waals surface area contributed by atoms with Gasteiger partial charge in [0.15, 0.2) is 11.6 Å². The van der Waals surface area contributed by atoms with Crippen molar-refractivity contribution in [3.63, 3.8) is 0 Å². The van der Waals surface area contributed by atoms with Crippen molar-refractivity contribution in [1.29, 1.82) is 0 Å². The minimum atomic E-state index is -0.390. The molecule has 1 aromatic rings. The highest BCUT2D eigenvalue weighted by atomic mass is 35.5. The van der Waals surface area contributed by atoms with Crippen molar-refractivity contribution in [3.05, 3.63) is 29.6 Å². The van der Waals surface area contributed by atoms with Crippen LogP contribution in [0.1, 0.15) is 5.56 Å². The van der Waals surface area contributed by atoms with Gasteiger partial charge in [-0.15, -0.1) is 11.6 Å². The number of benzene rings is 1. The van der Waals surface area contributed by atoms with Gasteiger partial charge in [-0.1, -0.05) is 12.1 Å². The topological polar surface area (TPSA) is 18.5 Å². The van der Waals surface area contributed by atoms with Crippen molar-refractivity contribution in [1.82, 2.24) is 0 Å².